The van der Waals surface area contributed by atoms with Crippen LogP contribution in [0.2, 0.25) is 0 Å². The number of nitro benzene ring substituents is 1. The number of hydrogen-bond donors (Lipinski definition) is 2. The molecule has 0 atom stereocenters. The van der Waals surface area contributed by atoms with E-state index in [-0.39, 0.29) is 16.5 Å². The second kappa shape index (κ2) is 7.71. The van der Waals surface area contributed by atoms with Gasteiger partial charge in [-0.05, 0) is 30.4 Å². The predicted octanol–water partition coefficient (Wildman–Crippen LogP) is 3.93. The van der Waals surface area contributed by atoms with Crippen LogP contribution in [0.15, 0.2) is 53.6 Å². The molecule has 2 N–H and O–H groups in total. The molecule has 2 aromatic carbocycles. The van der Waals surface area contributed by atoms with E-state index in [9.17, 15) is 23.3 Å². The summed E-state index contributed by atoms with van der Waals surface area (Å²) in [6.07, 6.45) is -3.15. The quantitative estimate of drug-likeness (QED) is 0.370. The van der Waals surface area contributed by atoms with Crippen molar-refractivity contribution in [1.82, 2.24) is 5.43 Å². The number of benzene rings is 2. The summed E-state index contributed by atoms with van der Waals surface area (Å²) in [6.45, 7) is 0. The lowest BCUT2D eigenvalue weighted by atomic mass is 10.2. The molecule has 0 spiro atoms. The first-order valence-electron chi connectivity index (χ1n) is 6.77. The number of thiocarbonyl (C=S) groups is 1. The smallest absolute Gasteiger partial charge is 0.331 e. The van der Waals surface area contributed by atoms with Gasteiger partial charge in [0.2, 0.25) is 0 Å². The minimum atomic E-state index is -4.45. The van der Waals surface area contributed by atoms with Gasteiger partial charge in [-0.25, -0.2) is 0 Å². The maximum Gasteiger partial charge on any atom is 0.416 e. The Hall–Kier alpha value is -3.01. The summed E-state index contributed by atoms with van der Waals surface area (Å²) >= 11 is 4.93. The first-order valence-corrected chi connectivity index (χ1v) is 7.18. The van der Waals surface area contributed by atoms with Crippen LogP contribution < -0.4 is 10.7 Å². The summed E-state index contributed by atoms with van der Waals surface area (Å²) in [6, 6.07) is 10.3. The third-order valence-corrected chi connectivity index (χ3v) is 3.10. The van der Waals surface area contributed by atoms with Gasteiger partial charge in [-0.2, -0.15) is 18.3 Å². The number of rotatable bonds is 4. The Labute approximate surface area is 145 Å². The van der Waals surface area contributed by atoms with Crippen LogP contribution in [0.4, 0.5) is 24.5 Å². The number of anilines is 1. The lowest BCUT2D eigenvalue weighted by Gasteiger charge is -2.10. The molecule has 0 heterocycles. The van der Waals surface area contributed by atoms with Gasteiger partial charge < -0.3 is 5.32 Å². The predicted molar refractivity (Wildman–Crippen MR) is 91.5 cm³/mol. The van der Waals surface area contributed by atoms with E-state index in [1.807, 2.05) is 0 Å². The molecule has 6 nitrogen and oxygen atoms in total. The van der Waals surface area contributed by atoms with Crippen molar-refractivity contribution in [3.63, 3.8) is 0 Å². The molecule has 0 fully saturated rings. The standard InChI is InChI=1S/C15H11F3N4O2S/c16-15(17,18)11-4-2-5-12(8-11)20-14(25)21-19-9-10-3-1-6-13(7-10)22(23)24/h1-9H,(H2,20,21,25)/b19-9-. The molecule has 0 aliphatic rings. The molecular formula is C15H11F3N4O2S. The van der Waals surface area contributed by atoms with Crippen LogP contribution in [-0.2, 0) is 6.18 Å². The van der Waals surface area contributed by atoms with Crippen molar-refractivity contribution in [2.24, 2.45) is 5.10 Å². The highest BCUT2D eigenvalue weighted by atomic mass is 32.1. The van der Waals surface area contributed by atoms with E-state index in [4.69, 9.17) is 12.2 Å². The fourth-order valence-corrected chi connectivity index (χ4v) is 1.99. The maximum absolute atomic E-state index is 12.6. The fourth-order valence-electron chi connectivity index (χ4n) is 1.82. The van der Waals surface area contributed by atoms with Crippen LogP contribution in [0.3, 0.4) is 0 Å². The van der Waals surface area contributed by atoms with Crippen molar-refractivity contribution in [1.29, 1.82) is 0 Å². The Morgan fingerprint density at radius 3 is 2.60 bits per heavy atom. The van der Waals surface area contributed by atoms with E-state index in [0.29, 0.717) is 5.56 Å². The van der Waals surface area contributed by atoms with Gasteiger partial charge >= 0.3 is 6.18 Å². The molecular weight excluding hydrogens is 357 g/mol. The van der Waals surface area contributed by atoms with Crippen molar-refractivity contribution in [2.45, 2.75) is 6.18 Å². The van der Waals surface area contributed by atoms with E-state index in [0.717, 1.165) is 12.1 Å². The zero-order chi connectivity index (χ0) is 18.4. The first-order chi connectivity index (χ1) is 11.8. The van der Waals surface area contributed by atoms with Gasteiger partial charge in [-0.15, -0.1) is 0 Å². The third-order valence-electron chi connectivity index (χ3n) is 2.91. The van der Waals surface area contributed by atoms with Crippen LogP contribution in [-0.4, -0.2) is 16.3 Å². The van der Waals surface area contributed by atoms with Gasteiger partial charge in [0.25, 0.3) is 5.69 Å². The Morgan fingerprint density at radius 2 is 1.92 bits per heavy atom. The van der Waals surface area contributed by atoms with Gasteiger partial charge in [0.05, 0.1) is 16.7 Å². The summed E-state index contributed by atoms with van der Waals surface area (Å²) in [5.41, 5.74) is 2.14. The van der Waals surface area contributed by atoms with Gasteiger partial charge in [0, 0.05) is 23.4 Å². The van der Waals surface area contributed by atoms with E-state index in [1.54, 1.807) is 6.07 Å². The van der Waals surface area contributed by atoms with Gasteiger partial charge in [0.15, 0.2) is 5.11 Å². The summed E-state index contributed by atoms with van der Waals surface area (Å²) in [5.74, 6) is 0. The highest BCUT2D eigenvalue weighted by molar-refractivity contribution is 7.80. The van der Waals surface area contributed by atoms with Gasteiger partial charge in [-0.1, -0.05) is 18.2 Å². The van der Waals surface area contributed by atoms with E-state index in [1.165, 1.54) is 36.5 Å². The molecule has 0 aromatic heterocycles. The minimum Gasteiger partial charge on any atom is -0.331 e. The number of nitrogens with zero attached hydrogens (tertiary/aromatic N) is 2. The second-order valence-electron chi connectivity index (χ2n) is 4.75. The molecule has 0 aliphatic heterocycles. The normalized spacial score (nSPS) is 11.3. The molecule has 0 aliphatic carbocycles. The Morgan fingerprint density at radius 1 is 1.20 bits per heavy atom. The van der Waals surface area contributed by atoms with E-state index < -0.39 is 16.7 Å². The summed E-state index contributed by atoms with van der Waals surface area (Å²) in [7, 11) is 0. The molecule has 0 saturated heterocycles. The second-order valence-corrected chi connectivity index (χ2v) is 5.16. The number of hydrogen-bond acceptors (Lipinski definition) is 4. The lowest BCUT2D eigenvalue weighted by molar-refractivity contribution is -0.384. The fraction of sp³-hybridized carbons (Fsp3) is 0.0667. The summed E-state index contributed by atoms with van der Waals surface area (Å²) < 4.78 is 37.9. The van der Waals surface area contributed by atoms with Crippen LogP contribution in [0.5, 0.6) is 0 Å². The molecule has 0 radical (unpaired) electrons. The Kier molecular flexibility index (Phi) is 5.65. The van der Waals surface area contributed by atoms with Gasteiger partial charge in [0.1, 0.15) is 0 Å². The average Bonchev–Trinajstić information content (AvgIpc) is 2.54. The molecule has 130 valence electrons. The molecule has 0 unspecified atom stereocenters. The lowest BCUT2D eigenvalue weighted by Crippen LogP contribution is -2.24. The van der Waals surface area contributed by atoms with Crippen molar-refractivity contribution in [3.05, 3.63) is 69.8 Å². The first kappa shape index (κ1) is 18.3. The number of hydrazone groups is 1. The topological polar surface area (TPSA) is 79.6 Å². The summed E-state index contributed by atoms with van der Waals surface area (Å²) in [4.78, 5) is 10.1. The van der Waals surface area contributed by atoms with Crippen molar-refractivity contribution < 1.29 is 18.1 Å². The number of nitro groups is 1. The zero-order valence-electron chi connectivity index (χ0n) is 12.4. The van der Waals surface area contributed by atoms with Crippen molar-refractivity contribution in [2.75, 3.05) is 5.32 Å². The molecule has 10 heteroatoms. The summed E-state index contributed by atoms with van der Waals surface area (Å²) in [5, 5.41) is 17.0. The SMILES string of the molecule is O=[N+]([O-])c1cccc(/C=N\NC(=S)Nc2cccc(C(F)(F)F)c2)c1. The van der Waals surface area contributed by atoms with Gasteiger partial charge in [-0.3, -0.25) is 15.5 Å². The number of alkyl halides is 3. The minimum absolute atomic E-state index is 0.0268. The number of halogens is 3. The molecule has 2 aromatic rings. The van der Waals surface area contributed by atoms with E-state index in [2.05, 4.69) is 15.8 Å². The van der Waals surface area contributed by atoms with Crippen LogP contribution in [0.25, 0.3) is 0 Å². The molecule has 25 heavy (non-hydrogen) atoms. The highest BCUT2D eigenvalue weighted by Crippen LogP contribution is 2.30. The zero-order valence-corrected chi connectivity index (χ0v) is 13.3. The van der Waals surface area contributed by atoms with Crippen LogP contribution in [0, 0.1) is 10.1 Å². The highest BCUT2D eigenvalue weighted by Gasteiger charge is 2.30. The van der Waals surface area contributed by atoms with E-state index >= 15 is 0 Å². The average molecular weight is 368 g/mol. The Bertz CT molecular complexity index is 824. The van der Waals surface area contributed by atoms with Crippen molar-refractivity contribution >= 4 is 34.9 Å². The van der Waals surface area contributed by atoms with Crippen LogP contribution >= 0.6 is 12.2 Å². The monoisotopic (exact) mass is 368 g/mol. The molecule has 2 rings (SSSR count). The maximum atomic E-state index is 12.6. The molecule has 0 bridgehead atoms. The number of nitrogens with one attached hydrogen (secondary N) is 2. The Balaban J connectivity index is 1.97. The largest absolute Gasteiger partial charge is 0.416 e. The third kappa shape index (κ3) is 5.53. The van der Waals surface area contributed by atoms with Crippen molar-refractivity contribution in [3.8, 4) is 0 Å². The molecule has 0 amide bonds. The van der Waals surface area contributed by atoms with Crippen LogP contribution in [0.1, 0.15) is 11.1 Å². The number of non-ortho nitro benzene ring substituents is 1. The molecule has 0 saturated carbocycles.